The van der Waals surface area contributed by atoms with Crippen LogP contribution in [-0.4, -0.2) is 64.4 Å². The Hall–Kier alpha value is -2.96. The topological polar surface area (TPSA) is 75.6 Å². The van der Waals surface area contributed by atoms with Gasteiger partial charge in [-0.15, -0.1) is 0 Å². The van der Waals surface area contributed by atoms with Crippen molar-refractivity contribution in [1.29, 1.82) is 0 Å². The molecule has 29 heavy (non-hydrogen) atoms. The van der Waals surface area contributed by atoms with Gasteiger partial charge < -0.3 is 14.5 Å². The molecule has 1 aromatic carbocycles. The molecule has 2 aromatic rings. The van der Waals surface area contributed by atoms with Crippen LogP contribution in [0.25, 0.3) is 0 Å². The molecule has 2 heterocycles. The summed E-state index contributed by atoms with van der Waals surface area (Å²) in [6.07, 6.45) is 4.50. The number of rotatable bonds is 4. The maximum Gasteiger partial charge on any atom is 0.274 e. The van der Waals surface area contributed by atoms with Crippen molar-refractivity contribution in [2.75, 3.05) is 32.8 Å². The van der Waals surface area contributed by atoms with Crippen molar-refractivity contribution >= 4 is 11.8 Å². The van der Waals surface area contributed by atoms with E-state index < -0.39 is 0 Å². The molecule has 0 radical (unpaired) electrons. The summed E-state index contributed by atoms with van der Waals surface area (Å²) in [5.41, 5.74) is 2.50. The molecule has 7 nitrogen and oxygen atoms in total. The maximum atomic E-state index is 12.6. The number of amides is 2. The van der Waals surface area contributed by atoms with Gasteiger partial charge in [0.15, 0.2) is 6.61 Å². The van der Waals surface area contributed by atoms with Crippen LogP contribution in [0.3, 0.4) is 0 Å². The molecule has 154 valence electrons. The molecule has 0 unspecified atom stereocenters. The molecule has 0 bridgehead atoms. The van der Waals surface area contributed by atoms with Gasteiger partial charge in [0, 0.05) is 38.6 Å². The minimum atomic E-state index is -0.157. The number of ether oxygens (including phenoxy) is 1. The molecule has 0 aliphatic carbocycles. The van der Waals surface area contributed by atoms with Crippen molar-refractivity contribution in [1.82, 2.24) is 19.8 Å². The first kappa shape index (κ1) is 20.8. The second kappa shape index (κ2) is 8.59. The Labute approximate surface area is 171 Å². The van der Waals surface area contributed by atoms with E-state index in [-0.39, 0.29) is 23.8 Å². The number of aryl methyl sites for hydroxylation is 1. The lowest BCUT2D eigenvalue weighted by atomic mass is 9.85. The summed E-state index contributed by atoms with van der Waals surface area (Å²) in [5.74, 6) is 0.515. The smallest absolute Gasteiger partial charge is 0.274 e. The molecular weight excluding hydrogens is 368 g/mol. The number of carbonyl (C=O) groups excluding carboxylic acids is 2. The number of hydrogen-bond donors (Lipinski definition) is 0. The Bertz CT molecular complexity index is 869. The van der Waals surface area contributed by atoms with Gasteiger partial charge in [-0.05, 0) is 24.0 Å². The molecule has 0 N–H and O–H groups in total. The van der Waals surface area contributed by atoms with Crippen LogP contribution in [0.5, 0.6) is 5.75 Å². The van der Waals surface area contributed by atoms with Gasteiger partial charge in [0.05, 0.1) is 6.20 Å². The molecule has 3 rings (SSSR count). The monoisotopic (exact) mass is 396 g/mol. The predicted molar refractivity (Wildman–Crippen MR) is 110 cm³/mol. The summed E-state index contributed by atoms with van der Waals surface area (Å²) in [5, 5.41) is 0. The Kier molecular flexibility index (Phi) is 6.15. The molecule has 1 aromatic heterocycles. The second-order valence-electron chi connectivity index (χ2n) is 8.30. The zero-order chi connectivity index (χ0) is 21.0. The lowest BCUT2D eigenvalue weighted by Gasteiger charge is -2.34. The highest BCUT2D eigenvalue weighted by molar-refractivity contribution is 5.92. The summed E-state index contributed by atoms with van der Waals surface area (Å²) < 4.78 is 5.89. The minimum absolute atomic E-state index is 0.00967. The first-order valence-electron chi connectivity index (χ1n) is 9.82. The number of piperazine rings is 1. The molecule has 1 aliphatic rings. The van der Waals surface area contributed by atoms with Crippen LogP contribution in [0.15, 0.2) is 36.8 Å². The summed E-state index contributed by atoms with van der Waals surface area (Å²) >= 11 is 0. The maximum absolute atomic E-state index is 12.6. The van der Waals surface area contributed by atoms with Crippen LogP contribution in [0.1, 0.15) is 42.4 Å². The molecular formula is C22H28N4O3. The van der Waals surface area contributed by atoms with Gasteiger partial charge in [0.1, 0.15) is 11.4 Å². The standard InChI is InChI=1S/C22H28N4O3/c1-16-5-6-19(17(13-16)22(2,3)4)29-15-20(27)25-9-11-26(12-10-25)21(28)18-14-23-7-8-24-18/h5-8,13-14H,9-12,15H2,1-4H3. The average molecular weight is 396 g/mol. The molecule has 0 atom stereocenters. The van der Waals surface area contributed by atoms with Gasteiger partial charge in [-0.25, -0.2) is 4.98 Å². The summed E-state index contributed by atoms with van der Waals surface area (Å²) in [6, 6.07) is 6.03. The highest BCUT2D eigenvalue weighted by Crippen LogP contribution is 2.32. The Morgan fingerprint density at radius 3 is 2.38 bits per heavy atom. The second-order valence-corrected chi connectivity index (χ2v) is 8.30. The number of carbonyl (C=O) groups is 2. The molecule has 7 heteroatoms. The van der Waals surface area contributed by atoms with Crippen LogP contribution in [-0.2, 0) is 10.2 Å². The highest BCUT2D eigenvalue weighted by atomic mass is 16.5. The van der Waals surface area contributed by atoms with Crippen LogP contribution >= 0.6 is 0 Å². The van der Waals surface area contributed by atoms with Gasteiger partial charge >= 0.3 is 0 Å². The number of hydrogen-bond acceptors (Lipinski definition) is 5. The molecule has 1 fully saturated rings. The van der Waals surface area contributed by atoms with E-state index in [0.717, 1.165) is 16.9 Å². The third-order valence-corrected chi connectivity index (χ3v) is 5.00. The fraction of sp³-hybridized carbons (Fsp3) is 0.455. The normalized spacial score (nSPS) is 14.6. The van der Waals surface area contributed by atoms with Crippen molar-refractivity contribution in [3.63, 3.8) is 0 Å². The number of nitrogens with zero attached hydrogens (tertiary/aromatic N) is 4. The van der Waals surface area contributed by atoms with Gasteiger partial charge in [-0.2, -0.15) is 0 Å². The van der Waals surface area contributed by atoms with Gasteiger partial charge in [-0.1, -0.05) is 38.5 Å². The van der Waals surface area contributed by atoms with Crippen molar-refractivity contribution in [3.05, 3.63) is 53.6 Å². The van der Waals surface area contributed by atoms with E-state index in [1.807, 2.05) is 19.1 Å². The average Bonchev–Trinajstić information content (AvgIpc) is 2.72. The van der Waals surface area contributed by atoms with Crippen molar-refractivity contribution in [3.8, 4) is 5.75 Å². The van der Waals surface area contributed by atoms with Crippen molar-refractivity contribution in [2.24, 2.45) is 0 Å². The number of aromatic nitrogens is 2. The summed E-state index contributed by atoms with van der Waals surface area (Å²) in [4.78, 5) is 36.5. The van der Waals surface area contributed by atoms with E-state index in [1.54, 1.807) is 9.80 Å². The zero-order valence-electron chi connectivity index (χ0n) is 17.5. The fourth-order valence-electron chi connectivity index (χ4n) is 3.32. The Morgan fingerprint density at radius 2 is 1.76 bits per heavy atom. The van der Waals surface area contributed by atoms with Crippen molar-refractivity contribution in [2.45, 2.75) is 33.1 Å². The summed E-state index contributed by atoms with van der Waals surface area (Å²) in [6.45, 7) is 10.3. The zero-order valence-corrected chi connectivity index (χ0v) is 17.5. The lowest BCUT2D eigenvalue weighted by Crippen LogP contribution is -2.51. The van der Waals surface area contributed by atoms with Gasteiger partial charge in [-0.3, -0.25) is 14.6 Å². The minimum Gasteiger partial charge on any atom is -0.483 e. The molecule has 0 spiro atoms. The van der Waals surface area contributed by atoms with E-state index >= 15 is 0 Å². The van der Waals surface area contributed by atoms with Crippen LogP contribution in [0, 0.1) is 6.92 Å². The number of benzene rings is 1. The third kappa shape index (κ3) is 5.10. The third-order valence-electron chi connectivity index (χ3n) is 5.00. The van der Waals surface area contributed by atoms with Crippen LogP contribution in [0.2, 0.25) is 0 Å². The first-order valence-corrected chi connectivity index (χ1v) is 9.82. The van der Waals surface area contributed by atoms with Gasteiger partial charge in [0.2, 0.25) is 0 Å². The quantitative estimate of drug-likeness (QED) is 0.794. The molecule has 0 saturated carbocycles. The van der Waals surface area contributed by atoms with E-state index in [0.29, 0.717) is 31.9 Å². The van der Waals surface area contributed by atoms with Crippen LogP contribution < -0.4 is 4.74 Å². The highest BCUT2D eigenvalue weighted by Gasteiger charge is 2.26. The Morgan fingerprint density at radius 1 is 1.07 bits per heavy atom. The fourth-order valence-corrected chi connectivity index (χ4v) is 3.32. The predicted octanol–water partition coefficient (Wildman–Crippen LogP) is 2.45. The van der Waals surface area contributed by atoms with Crippen LogP contribution in [0.4, 0.5) is 0 Å². The molecule has 1 aliphatic heterocycles. The first-order chi connectivity index (χ1) is 13.8. The Balaban J connectivity index is 1.55. The largest absolute Gasteiger partial charge is 0.483 e. The van der Waals surface area contributed by atoms with E-state index in [1.165, 1.54) is 18.6 Å². The van der Waals surface area contributed by atoms with Crippen molar-refractivity contribution < 1.29 is 14.3 Å². The summed E-state index contributed by atoms with van der Waals surface area (Å²) in [7, 11) is 0. The molecule has 1 saturated heterocycles. The van der Waals surface area contributed by atoms with Gasteiger partial charge in [0.25, 0.3) is 11.8 Å². The SMILES string of the molecule is Cc1ccc(OCC(=O)N2CCN(C(=O)c3cnccn3)CC2)c(C(C)(C)C)c1. The van der Waals surface area contributed by atoms with E-state index in [4.69, 9.17) is 4.74 Å². The van der Waals surface area contributed by atoms with E-state index in [9.17, 15) is 9.59 Å². The lowest BCUT2D eigenvalue weighted by molar-refractivity contribution is -0.134. The molecule has 2 amide bonds. The van der Waals surface area contributed by atoms with E-state index in [2.05, 4.69) is 36.8 Å².